The molecule has 0 bridgehead atoms. The predicted octanol–water partition coefficient (Wildman–Crippen LogP) is 6.80. The lowest BCUT2D eigenvalue weighted by Gasteiger charge is -2.49. The van der Waals surface area contributed by atoms with Crippen LogP contribution in [-0.4, -0.2) is 95.1 Å². The molecular weight excluding hydrogens is 686 g/mol. The lowest BCUT2D eigenvalue weighted by atomic mass is 10.0. The third-order valence-electron chi connectivity index (χ3n) is 6.09. The van der Waals surface area contributed by atoms with E-state index in [4.69, 9.17) is 0 Å². The van der Waals surface area contributed by atoms with E-state index in [2.05, 4.69) is 4.74 Å². The molecule has 43 heavy (non-hydrogen) atoms. The molecule has 27 heteroatoms. The molecule has 0 radical (unpaired) electrons. The second-order valence-corrected chi connectivity index (χ2v) is 8.89. The highest BCUT2D eigenvalue weighted by molar-refractivity contribution is 5.04. The van der Waals surface area contributed by atoms with Gasteiger partial charge in [0.1, 0.15) is 12.2 Å². The van der Waals surface area contributed by atoms with Gasteiger partial charge in [0.05, 0.1) is 0 Å². The summed E-state index contributed by atoms with van der Waals surface area (Å²) >= 11 is 0. The van der Waals surface area contributed by atoms with Crippen LogP contribution in [0.1, 0.15) is 12.8 Å². The Morgan fingerprint density at radius 2 is 0.674 bits per heavy atom. The minimum absolute atomic E-state index is 1.88. The fourth-order valence-electron chi connectivity index (χ4n) is 3.91. The summed E-state index contributed by atoms with van der Waals surface area (Å²) in [6, 6.07) is -28.4. The molecule has 4 atom stereocenters. The molecule has 3 heterocycles. The minimum Gasteiger partial charge on any atom is -0.362 e. The highest BCUT2D eigenvalue weighted by Gasteiger charge is 2.87. The van der Waals surface area contributed by atoms with Crippen molar-refractivity contribution in [3.8, 4) is 0 Å². The smallest absolute Gasteiger partial charge is 0.362 e. The monoisotopic (exact) mass is 694 g/mol. The van der Waals surface area contributed by atoms with Crippen LogP contribution in [0.5, 0.6) is 0 Å². The summed E-state index contributed by atoms with van der Waals surface area (Å²) in [4.78, 5) is -6.87. The summed E-state index contributed by atoms with van der Waals surface area (Å²) in [5.41, 5.74) is 0. The van der Waals surface area contributed by atoms with Gasteiger partial charge in [-0.15, -0.1) is 9.80 Å². The first-order valence-corrected chi connectivity index (χ1v) is 10.4. The molecule has 0 aliphatic carbocycles. The van der Waals surface area contributed by atoms with E-state index < -0.39 is 108 Å². The van der Waals surface area contributed by atoms with Crippen LogP contribution in [0.25, 0.3) is 0 Å². The molecule has 3 rings (SSSR count). The van der Waals surface area contributed by atoms with Crippen molar-refractivity contribution in [1.29, 1.82) is 0 Å². The van der Waals surface area contributed by atoms with E-state index in [1.165, 1.54) is 0 Å². The quantitative estimate of drug-likeness (QED) is 0.226. The van der Waals surface area contributed by atoms with Crippen molar-refractivity contribution in [2.24, 2.45) is 0 Å². The maximum absolute atomic E-state index is 14.5. The van der Waals surface area contributed by atoms with Crippen molar-refractivity contribution in [2.75, 3.05) is 0 Å². The van der Waals surface area contributed by atoms with Crippen LogP contribution in [0.15, 0.2) is 0 Å². The predicted molar refractivity (Wildman–Crippen MR) is 83.0 cm³/mol. The van der Waals surface area contributed by atoms with Crippen LogP contribution >= 0.6 is 0 Å². The molecule has 0 amide bonds. The van der Waals surface area contributed by atoms with Crippen molar-refractivity contribution in [3.05, 3.63) is 0 Å². The zero-order valence-electron chi connectivity index (χ0n) is 19.2. The van der Waals surface area contributed by atoms with Gasteiger partial charge in [-0.05, 0) is 12.8 Å². The molecule has 3 aliphatic heterocycles. The number of ether oxygens (including phenoxy) is 3. The van der Waals surface area contributed by atoms with Gasteiger partial charge in [-0.1, -0.05) is 0 Å². The minimum atomic E-state index is -7.10. The number of nitrogens with zero attached hydrogens (tertiary/aromatic N) is 2. The molecule has 0 aromatic rings. The summed E-state index contributed by atoms with van der Waals surface area (Å²) in [5, 5.41) is 0. The van der Waals surface area contributed by atoms with Crippen molar-refractivity contribution >= 4 is 0 Å². The third-order valence-corrected chi connectivity index (χ3v) is 6.09. The van der Waals surface area contributed by atoms with Crippen molar-refractivity contribution in [1.82, 2.24) is 9.80 Å². The molecule has 0 saturated carbocycles. The Balaban J connectivity index is 1.95. The van der Waals surface area contributed by atoms with Gasteiger partial charge in [-0.2, -0.15) is 87.8 Å². The van der Waals surface area contributed by atoms with Gasteiger partial charge in [0.15, 0.2) is 0 Å². The zero-order chi connectivity index (χ0) is 34.0. The van der Waals surface area contributed by atoms with Gasteiger partial charge in [0, 0.05) is 0 Å². The molecule has 5 nitrogen and oxygen atoms in total. The van der Waals surface area contributed by atoms with E-state index in [1.54, 1.807) is 0 Å². The highest BCUT2D eigenvalue weighted by atomic mass is 19.4. The summed E-state index contributed by atoms with van der Waals surface area (Å²) < 4.78 is 311. The SMILES string of the molecule is FC(N1C(F)(F)C(F)(F)OC(F)(F)C1(F)F)C(F)(F)C1CCC(C(F)(F)C(F)N2C(F)(F)C(F)(F)OC(F)(F)C2(F)F)O1. The normalized spacial score (nSPS) is 34.5. The maximum Gasteiger partial charge on any atom is 0.439 e. The van der Waals surface area contributed by atoms with Gasteiger partial charge >= 0.3 is 60.5 Å². The summed E-state index contributed by atoms with van der Waals surface area (Å²) in [6.45, 7) is 0. The standard InChI is InChI=1S/C16H8F22N2O3/c17-5(39-9(23,24)13(31,32)42-14(33,34)10(39,25)26)7(19,20)3-1-2-4(41-3)8(21,22)6(18)40-11(27,28)15(35,36)43-16(37,38)12(40,29)30/h3-6H,1-2H2. The first-order valence-electron chi connectivity index (χ1n) is 10.4. The summed E-state index contributed by atoms with van der Waals surface area (Å²) in [6.07, 6.45) is -51.2. The van der Waals surface area contributed by atoms with Gasteiger partial charge in [0.25, 0.3) is 0 Å². The second kappa shape index (κ2) is 9.40. The van der Waals surface area contributed by atoms with Crippen molar-refractivity contribution in [2.45, 2.75) is 98.1 Å². The molecule has 3 saturated heterocycles. The van der Waals surface area contributed by atoms with E-state index in [0.29, 0.717) is 0 Å². The zero-order valence-corrected chi connectivity index (χ0v) is 19.2. The van der Waals surface area contributed by atoms with Crippen molar-refractivity contribution in [3.63, 3.8) is 0 Å². The Morgan fingerprint density at radius 3 is 0.884 bits per heavy atom. The molecule has 254 valence electrons. The van der Waals surface area contributed by atoms with Gasteiger partial charge in [-0.25, -0.2) is 18.3 Å². The first-order chi connectivity index (χ1) is 18.7. The Kier molecular flexibility index (Phi) is 7.81. The Morgan fingerprint density at radius 1 is 0.465 bits per heavy atom. The molecule has 0 aromatic heterocycles. The highest BCUT2D eigenvalue weighted by Crippen LogP contribution is 2.60. The van der Waals surface area contributed by atoms with E-state index in [-0.39, 0.29) is 0 Å². The van der Waals surface area contributed by atoms with Crippen LogP contribution < -0.4 is 0 Å². The number of alkyl halides is 22. The average Bonchev–Trinajstić information content (AvgIpc) is 3.27. The second-order valence-electron chi connectivity index (χ2n) is 8.89. The number of hydrogen-bond acceptors (Lipinski definition) is 5. The van der Waals surface area contributed by atoms with Crippen LogP contribution in [0.4, 0.5) is 96.6 Å². The fourth-order valence-corrected chi connectivity index (χ4v) is 3.91. The molecule has 3 aliphatic rings. The van der Waals surface area contributed by atoms with Gasteiger partial charge in [-0.3, -0.25) is 0 Å². The van der Waals surface area contributed by atoms with Crippen LogP contribution in [0.3, 0.4) is 0 Å². The molecule has 3 fully saturated rings. The summed E-state index contributed by atoms with van der Waals surface area (Å²) in [5.74, 6) is -12.7. The Labute approximate surface area is 220 Å². The van der Waals surface area contributed by atoms with E-state index in [9.17, 15) is 96.6 Å². The van der Waals surface area contributed by atoms with Crippen LogP contribution in [0, 0.1) is 0 Å². The molecule has 0 spiro atoms. The summed E-state index contributed by atoms with van der Waals surface area (Å²) in [7, 11) is 0. The van der Waals surface area contributed by atoms with E-state index >= 15 is 0 Å². The van der Waals surface area contributed by atoms with Crippen molar-refractivity contribution < 1.29 is 111 Å². The molecule has 0 N–H and O–H groups in total. The topological polar surface area (TPSA) is 34.2 Å². The van der Waals surface area contributed by atoms with E-state index in [0.717, 1.165) is 0 Å². The third kappa shape index (κ3) is 4.76. The van der Waals surface area contributed by atoms with Crippen LogP contribution in [0.2, 0.25) is 0 Å². The van der Waals surface area contributed by atoms with E-state index in [1.807, 2.05) is 9.47 Å². The van der Waals surface area contributed by atoms with Crippen LogP contribution in [-0.2, 0) is 14.2 Å². The molecule has 0 aromatic carbocycles. The Bertz CT molecular complexity index is 949. The fraction of sp³-hybridized carbons (Fsp3) is 1.00. The first kappa shape index (κ1) is 35.7. The average molecular weight is 694 g/mol. The largest absolute Gasteiger partial charge is 0.439 e. The number of morpholine rings is 2. The van der Waals surface area contributed by atoms with Gasteiger partial charge in [0.2, 0.25) is 12.6 Å². The number of rotatable bonds is 6. The molecule has 4 unspecified atom stereocenters. The number of hydrogen-bond donors (Lipinski definition) is 0. The van der Waals surface area contributed by atoms with Gasteiger partial charge < -0.3 is 4.74 Å². The lowest BCUT2D eigenvalue weighted by Crippen LogP contribution is -2.77. The molecular formula is C16H8F22N2O3. The Hall–Kier alpha value is -1.74. The number of halogens is 22. The maximum atomic E-state index is 14.5. The lowest BCUT2D eigenvalue weighted by molar-refractivity contribution is -0.576.